The third kappa shape index (κ3) is 8.07. The summed E-state index contributed by atoms with van der Waals surface area (Å²) in [6.07, 6.45) is -3.74. The highest BCUT2D eigenvalue weighted by Crippen LogP contribution is 2.29. The van der Waals surface area contributed by atoms with Crippen molar-refractivity contribution in [2.75, 3.05) is 27.7 Å². The lowest BCUT2D eigenvalue weighted by Gasteiger charge is -2.13. The van der Waals surface area contributed by atoms with E-state index < -0.39 is 23.5 Å². The van der Waals surface area contributed by atoms with Gasteiger partial charge in [0.15, 0.2) is 0 Å². The lowest BCUT2D eigenvalue weighted by molar-refractivity contribution is -0.143. The van der Waals surface area contributed by atoms with E-state index >= 15 is 0 Å². The number of benzene rings is 1. The van der Waals surface area contributed by atoms with Gasteiger partial charge in [0.05, 0.1) is 20.0 Å². The molecular weight excluding hydrogens is 294 g/mol. The standard InChI is InChI=1S/C12H12BF3O2.C3H9N/c1-2-7-18-11(17)10(13)8-3-5-9(6-4-8)12(14,15)16;1-4(2)3/h3-6,10H,2,7H2,1H3;1-3H3. The van der Waals surface area contributed by atoms with Crippen molar-refractivity contribution in [2.24, 2.45) is 0 Å². The summed E-state index contributed by atoms with van der Waals surface area (Å²) in [5, 5.41) is 0. The number of ether oxygens (including phenoxy) is 1. The van der Waals surface area contributed by atoms with Crippen molar-refractivity contribution in [1.82, 2.24) is 4.90 Å². The molecular formula is C15H21BF3NO2. The summed E-state index contributed by atoms with van der Waals surface area (Å²) in [5.74, 6) is -1.70. The van der Waals surface area contributed by atoms with Gasteiger partial charge < -0.3 is 9.64 Å². The third-order valence-corrected chi connectivity index (χ3v) is 2.30. The summed E-state index contributed by atoms with van der Waals surface area (Å²) in [4.78, 5) is 13.4. The molecule has 0 heterocycles. The lowest BCUT2D eigenvalue weighted by atomic mass is 9.81. The van der Waals surface area contributed by atoms with Crippen LogP contribution in [0.4, 0.5) is 13.2 Å². The molecule has 122 valence electrons. The van der Waals surface area contributed by atoms with Gasteiger partial charge in [-0.2, -0.15) is 13.2 Å². The third-order valence-electron chi connectivity index (χ3n) is 2.30. The van der Waals surface area contributed by atoms with Gasteiger partial charge in [-0.15, -0.1) is 0 Å². The number of hydrogen-bond acceptors (Lipinski definition) is 3. The van der Waals surface area contributed by atoms with Gasteiger partial charge >= 0.3 is 12.1 Å². The van der Waals surface area contributed by atoms with Gasteiger partial charge in [-0.05, 0) is 45.3 Å². The van der Waals surface area contributed by atoms with Crippen LogP contribution in [0.2, 0.25) is 0 Å². The number of alkyl halides is 3. The van der Waals surface area contributed by atoms with Gasteiger partial charge in [0.25, 0.3) is 0 Å². The van der Waals surface area contributed by atoms with Crippen LogP contribution in [0.5, 0.6) is 0 Å². The van der Waals surface area contributed by atoms with E-state index in [-0.39, 0.29) is 6.61 Å². The maximum atomic E-state index is 12.3. The Hall–Kier alpha value is -1.50. The molecule has 1 aromatic carbocycles. The van der Waals surface area contributed by atoms with Crippen LogP contribution < -0.4 is 0 Å². The number of carbonyl (C=O) groups is 1. The molecule has 0 saturated carbocycles. The Morgan fingerprint density at radius 2 is 1.68 bits per heavy atom. The van der Waals surface area contributed by atoms with Gasteiger partial charge in [0.1, 0.15) is 0 Å². The van der Waals surface area contributed by atoms with Gasteiger partial charge in [0.2, 0.25) is 0 Å². The molecule has 0 bridgehead atoms. The van der Waals surface area contributed by atoms with E-state index in [9.17, 15) is 18.0 Å². The maximum Gasteiger partial charge on any atom is 0.416 e. The Labute approximate surface area is 130 Å². The minimum atomic E-state index is -4.40. The predicted molar refractivity (Wildman–Crippen MR) is 80.8 cm³/mol. The summed E-state index contributed by atoms with van der Waals surface area (Å²) in [6.45, 7) is 2.07. The quantitative estimate of drug-likeness (QED) is 0.632. The Bertz CT molecular complexity index is 444. The topological polar surface area (TPSA) is 29.5 Å². The van der Waals surface area contributed by atoms with Crippen molar-refractivity contribution in [3.63, 3.8) is 0 Å². The van der Waals surface area contributed by atoms with Crippen molar-refractivity contribution < 1.29 is 22.7 Å². The van der Waals surface area contributed by atoms with Crippen LogP contribution in [0.1, 0.15) is 30.3 Å². The predicted octanol–water partition coefficient (Wildman–Crippen LogP) is 3.05. The highest BCUT2D eigenvalue weighted by molar-refractivity contribution is 6.23. The smallest absolute Gasteiger partial charge is 0.416 e. The molecule has 0 aromatic heterocycles. The minimum absolute atomic E-state index is 0.243. The van der Waals surface area contributed by atoms with Crippen molar-refractivity contribution in [3.05, 3.63) is 35.4 Å². The highest BCUT2D eigenvalue weighted by Gasteiger charge is 2.30. The van der Waals surface area contributed by atoms with Crippen molar-refractivity contribution >= 4 is 13.8 Å². The van der Waals surface area contributed by atoms with Crippen molar-refractivity contribution in [3.8, 4) is 0 Å². The Morgan fingerprint density at radius 3 is 2.05 bits per heavy atom. The van der Waals surface area contributed by atoms with E-state index in [0.29, 0.717) is 12.0 Å². The Morgan fingerprint density at radius 1 is 1.23 bits per heavy atom. The first kappa shape index (κ1) is 20.5. The number of rotatable bonds is 4. The summed E-state index contributed by atoms with van der Waals surface area (Å²) < 4.78 is 41.8. The van der Waals surface area contributed by atoms with Crippen LogP contribution >= 0.6 is 0 Å². The first-order valence-electron chi connectivity index (χ1n) is 6.79. The fourth-order valence-electron chi connectivity index (χ4n) is 1.31. The normalized spacial score (nSPS) is 12.4. The highest BCUT2D eigenvalue weighted by atomic mass is 19.4. The van der Waals surface area contributed by atoms with Crippen LogP contribution in [0, 0.1) is 0 Å². The number of halogens is 3. The van der Waals surface area contributed by atoms with Gasteiger partial charge in [-0.3, -0.25) is 4.79 Å². The van der Waals surface area contributed by atoms with Crippen LogP contribution in [0.3, 0.4) is 0 Å². The van der Waals surface area contributed by atoms with E-state index in [0.717, 1.165) is 12.1 Å². The second kappa shape index (κ2) is 9.51. The molecule has 1 unspecified atom stereocenters. The minimum Gasteiger partial charge on any atom is -0.466 e. The van der Waals surface area contributed by atoms with Gasteiger partial charge in [-0.1, -0.05) is 19.1 Å². The van der Waals surface area contributed by atoms with Crippen LogP contribution in [0.15, 0.2) is 24.3 Å². The lowest BCUT2D eigenvalue weighted by Crippen LogP contribution is -2.17. The second-order valence-electron chi connectivity index (χ2n) is 5.11. The summed E-state index contributed by atoms with van der Waals surface area (Å²) in [6, 6.07) is 4.14. The molecule has 2 radical (unpaired) electrons. The monoisotopic (exact) mass is 315 g/mol. The van der Waals surface area contributed by atoms with Gasteiger partial charge in [0, 0.05) is 5.82 Å². The van der Waals surface area contributed by atoms with E-state index in [2.05, 4.69) is 0 Å². The largest absolute Gasteiger partial charge is 0.466 e. The first-order valence-corrected chi connectivity index (χ1v) is 6.79. The Kier molecular flexibility index (Phi) is 8.86. The average molecular weight is 315 g/mol. The number of carbonyl (C=O) groups excluding carboxylic acids is 1. The van der Waals surface area contributed by atoms with Gasteiger partial charge in [-0.25, -0.2) is 0 Å². The van der Waals surface area contributed by atoms with Crippen LogP contribution in [-0.2, 0) is 15.7 Å². The fraction of sp³-hybridized carbons (Fsp3) is 0.533. The first-order chi connectivity index (χ1) is 10.1. The Balaban J connectivity index is 0.000000980. The molecule has 0 aliphatic heterocycles. The van der Waals surface area contributed by atoms with Crippen LogP contribution in [0.25, 0.3) is 0 Å². The fourth-order valence-corrected chi connectivity index (χ4v) is 1.31. The van der Waals surface area contributed by atoms with Crippen molar-refractivity contribution in [1.29, 1.82) is 0 Å². The molecule has 22 heavy (non-hydrogen) atoms. The molecule has 0 fully saturated rings. The zero-order chi connectivity index (χ0) is 17.3. The molecule has 0 spiro atoms. The van der Waals surface area contributed by atoms with E-state index in [1.807, 2.05) is 33.0 Å². The molecule has 7 heteroatoms. The molecule has 0 aliphatic rings. The molecule has 0 saturated heterocycles. The number of esters is 1. The molecule has 0 amide bonds. The SMILES string of the molecule is CN(C)C.[B]C(C(=O)OCCC)c1ccc(C(F)(F)F)cc1. The summed E-state index contributed by atoms with van der Waals surface area (Å²) >= 11 is 0. The molecule has 3 nitrogen and oxygen atoms in total. The van der Waals surface area contributed by atoms with E-state index in [4.69, 9.17) is 12.6 Å². The number of hydrogen-bond donors (Lipinski definition) is 0. The molecule has 0 aliphatic carbocycles. The molecule has 1 aromatic rings. The molecule has 1 rings (SSSR count). The van der Waals surface area contributed by atoms with Crippen molar-refractivity contribution in [2.45, 2.75) is 25.3 Å². The number of nitrogens with zero attached hydrogens (tertiary/aromatic N) is 1. The zero-order valence-electron chi connectivity index (χ0n) is 13.3. The average Bonchev–Trinajstić information content (AvgIpc) is 2.42. The van der Waals surface area contributed by atoms with E-state index in [1.165, 1.54) is 12.1 Å². The second-order valence-corrected chi connectivity index (χ2v) is 5.11. The summed E-state index contributed by atoms with van der Waals surface area (Å²) in [7, 11) is 11.6. The zero-order valence-corrected chi connectivity index (χ0v) is 13.3. The van der Waals surface area contributed by atoms with E-state index in [1.54, 1.807) is 0 Å². The molecule has 1 atom stereocenters. The summed E-state index contributed by atoms with van der Waals surface area (Å²) in [5.41, 5.74) is -0.482. The maximum absolute atomic E-state index is 12.3. The molecule has 0 N–H and O–H groups in total. The van der Waals surface area contributed by atoms with Crippen LogP contribution in [-0.4, -0.2) is 46.5 Å².